The third-order valence-corrected chi connectivity index (χ3v) is 6.10. The molecule has 2 aliphatic heterocycles. The number of aromatic nitrogens is 3. The summed E-state index contributed by atoms with van der Waals surface area (Å²) in [6.45, 7) is 4.28. The Morgan fingerprint density at radius 3 is 2.58 bits per heavy atom. The zero-order valence-corrected chi connectivity index (χ0v) is 18.0. The van der Waals surface area contributed by atoms with E-state index in [1.54, 1.807) is 11.3 Å². The molecule has 9 heteroatoms. The van der Waals surface area contributed by atoms with E-state index < -0.39 is 0 Å². The SMILES string of the molecule is CN1CCN(c2nc(NC3=NCC(c4cccs4)=C3)nc(Oc3ccccc3)n2)CC1. The second-order valence-corrected chi connectivity index (χ2v) is 8.37. The number of likely N-dealkylation sites (N-methyl/N-ethyl adjacent to an activating group) is 1. The van der Waals surface area contributed by atoms with Crippen molar-refractivity contribution in [1.82, 2.24) is 19.9 Å². The van der Waals surface area contributed by atoms with Crippen LogP contribution < -0.4 is 15.0 Å². The number of amidine groups is 1. The summed E-state index contributed by atoms with van der Waals surface area (Å²) in [7, 11) is 2.12. The zero-order chi connectivity index (χ0) is 21.0. The van der Waals surface area contributed by atoms with Crippen molar-refractivity contribution < 1.29 is 4.74 Å². The molecule has 1 saturated heterocycles. The van der Waals surface area contributed by atoms with Crippen LogP contribution in [0.4, 0.5) is 11.9 Å². The molecule has 0 aliphatic carbocycles. The number of anilines is 2. The number of benzene rings is 1. The predicted molar refractivity (Wildman–Crippen MR) is 124 cm³/mol. The van der Waals surface area contributed by atoms with Crippen molar-refractivity contribution >= 4 is 34.6 Å². The molecule has 3 aromatic rings. The number of thiophene rings is 1. The normalized spacial score (nSPS) is 16.7. The zero-order valence-electron chi connectivity index (χ0n) is 17.2. The maximum atomic E-state index is 5.92. The van der Waals surface area contributed by atoms with Crippen LogP contribution in [-0.2, 0) is 0 Å². The van der Waals surface area contributed by atoms with Gasteiger partial charge in [0.2, 0.25) is 11.9 Å². The molecule has 0 radical (unpaired) electrons. The molecule has 0 atom stereocenters. The van der Waals surface area contributed by atoms with E-state index in [1.165, 1.54) is 10.5 Å². The number of ether oxygens (including phenoxy) is 1. The van der Waals surface area contributed by atoms with Gasteiger partial charge < -0.3 is 19.9 Å². The van der Waals surface area contributed by atoms with Crippen molar-refractivity contribution in [2.24, 2.45) is 4.99 Å². The van der Waals surface area contributed by atoms with Crippen molar-refractivity contribution in [2.75, 3.05) is 50.0 Å². The molecule has 0 spiro atoms. The van der Waals surface area contributed by atoms with Crippen LogP contribution in [-0.4, -0.2) is 65.5 Å². The molecule has 1 N–H and O–H groups in total. The third-order valence-electron chi connectivity index (χ3n) is 5.15. The van der Waals surface area contributed by atoms with E-state index in [1.807, 2.05) is 42.5 Å². The van der Waals surface area contributed by atoms with Crippen LogP contribution in [0.1, 0.15) is 4.88 Å². The minimum absolute atomic E-state index is 0.263. The van der Waals surface area contributed by atoms with Crippen LogP contribution in [0.2, 0.25) is 0 Å². The van der Waals surface area contributed by atoms with Crippen molar-refractivity contribution in [2.45, 2.75) is 0 Å². The maximum Gasteiger partial charge on any atom is 0.328 e. The fraction of sp³-hybridized carbons (Fsp3) is 0.273. The van der Waals surface area contributed by atoms with Gasteiger partial charge in [0.05, 0.1) is 6.54 Å². The molecule has 0 bridgehead atoms. The first-order valence-electron chi connectivity index (χ1n) is 10.2. The maximum absolute atomic E-state index is 5.92. The van der Waals surface area contributed by atoms with Gasteiger partial charge in [-0.05, 0) is 42.3 Å². The Morgan fingerprint density at radius 1 is 0.968 bits per heavy atom. The average Bonchev–Trinajstić information content (AvgIpc) is 3.47. The largest absolute Gasteiger partial charge is 0.424 e. The van der Waals surface area contributed by atoms with E-state index in [4.69, 9.17) is 4.74 Å². The summed E-state index contributed by atoms with van der Waals surface area (Å²) in [5.74, 6) is 2.46. The minimum atomic E-state index is 0.263. The first-order valence-corrected chi connectivity index (χ1v) is 11.1. The molecule has 1 fully saturated rings. The molecule has 8 nitrogen and oxygen atoms in total. The van der Waals surface area contributed by atoms with Crippen LogP contribution >= 0.6 is 11.3 Å². The van der Waals surface area contributed by atoms with Crippen molar-refractivity contribution in [3.05, 3.63) is 58.8 Å². The quantitative estimate of drug-likeness (QED) is 0.661. The van der Waals surface area contributed by atoms with E-state index in [0.29, 0.717) is 24.2 Å². The molecule has 2 aromatic heterocycles. The minimum Gasteiger partial charge on any atom is -0.424 e. The molecule has 0 amide bonds. The number of piperazine rings is 1. The lowest BCUT2D eigenvalue weighted by atomic mass is 10.2. The van der Waals surface area contributed by atoms with Crippen molar-refractivity contribution in [1.29, 1.82) is 0 Å². The summed E-state index contributed by atoms with van der Waals surface area (Å²) in [5.41, 5.74) is 1.19. The van der Waals surface area contributed by atoms with Crippen molar-refractivity contribution in [3.8, 4) is 11.8 Å². The van der Waals surface area contributed by atoms with Gasteiger partial charge in [-0.2, -0.15) is 15.0 Å². The first-order chi connectivity index (χ1) is 15.2. The van der Waals surface area contributed by atoms with E-state index in [2.05, 4.69) is 53.6 Å². The highest BCUT2D eigenvalue weighted by atomic mass is 32.1. The fourth-order valence-electron chi connectivity index (χ4n) is 3.42. The van der Waals surface area contributed by atoms with Gasteiger partial charge in [0.25, 0.3) is 0 Å². The Labute approximate surface area is 185 Å². The van der Waals surface area contributed by atoms with Crippen LogP contribution in [0.3, 0.4) is 0 Å². The second kappa shape index (κ2) is 8.83. The second-order valence-electron chi connectivity index (χ2n) is 7.42. The van der Waals surface area contributed by atoms with Crippen molar-refractivity contribution in [3.63, 3.8) is 0 Å². The molecule has 1 aromatic carbocycles. The van der Waals surface area contributed by atoms with Gasteiger partial charge in [-0.3, -0.25) is 4.99 Å². The molecular weight excluding hydrogens is 410 g/mol. The smallest absolute Gasteiger partial charge is 0.328 e. The van der Waals surface area contributed by atoms with Gasteiger partial charge in [0.1, 0.15) is 11.6 Å². The fourth-order valence-corrected chi connectivity index (χ4v) is 4.15. The molecule has 4 heterocycles. The summed E-state index contributed by atoms with van der Waals surface area (Å²) in [6.07, 6.45) is 2.04. The number of para-hydroxylation sites is 1. The lowest BCUT2D eigenvalue weighted by molar-refractivity contribution is 0.310. The van der Waals surface area contributed by atoms with E-state index >= 15 is 0 Å². The van der Waals surface area contributed by atoms with Crippen LogP contribution in [0, 0.1) is 0 Å². The molecule has 2 aliphatic rings. The molecule has 31 heavy (non-hydrogen) atoms. The Morgan fingerprint density at radius 2 is 1.81 bits per heavy atom. The highest BCUT2D eigenvalue weighted by Gasteiger charge is 2.20. The molecular formula is C22H23N7OS. The monoisotopic (exact) mass is 433 g/mol. The Balaban J connectivity index is 1.40. The summed E-state index contributed by atoms with van der Waals surface area (Å²) in [4.78, 5) is 24.0. The van der Waals surface area contributed by atoms with E-state index in [-0.39, 0.29) is 6.01 Å². The predicted octanol–water partition coefficient (Wildman–Crippen LogP) is 3.38. The van der Waals surface area contributed by atoms with E-state index in [9.17, 15) is 0 Å². The van der Waals surface area contributed by atoms with Gasteiger partial charge >= 0.3 is 6.01 Å². The topological polar surface area (TPSA) is 78.8 Å². The lowest BCUT2D eigenvalue weighted by Gasteiger charge is -2.32. The number of nitrogens with zero attached hydrogens (tertiary/aromatic N) is 6. The Kier molecular flexibility index (Phi) is 5.59. The number of aliphatic imine (C=N–C) groups is 1. The number of rotatable bonds is 5. The summed E-state index contributed by atoms with van der Waals surface area (Å²) < 4.78 is 5.92. The average molecular weight is 434 g/mol. The highest BCUT2D eigenvalue weighted by molar-refractivity contribution is 7.11. The first kappa shape index (κ1) is 19.7. The molecule has 158 valence electrons. The highest BCUT2D eigenvalue weighted by Crippen LogP contribution is 2.25. The van der Waals surface area contributed by atoms with Crippen LogP contribution in [0.15, 0.2) is 58.9 Å². The number of hydrogen-bond donors (Lipinski definition) is 1. The summed E-state index contributed by atoms with van der Waals surface area (Å²) in [5, 5.41) is 5.32. The van der Waals surface area contributed by atoms with Gasteiger partial charge in [-0.25, -0.2) is 0 Å². The Hall–Kier alpha value is -3.30. The number of hydrogen-bond acceptors (Lipinski definition) is 9. The molecule has 0 saturated carbocycles. The van der Waals surface area contributed by atoms with Gasteiger partial charge in [0, 0.05) is 31.1 Å². The van der Waals surface area contributed by atoms with Gasteiger partial charge in [-0.1, -0.05) is 24.3 Å². The lowest BCUT2D eigenvalue weighted by Crippen LogP contribution is -2.45. The Bertz CT molecular complexity index is 1090. The van der Waals surface area contributed by atoms with E-state index in [0.717, 1.165) is 32.0 Å². The van der Waals surface area contributed by atoms with Crippen LogP contribution in [0.25, 0.3) is 5.57 Å². The summed E-state index contributed by atoms with van der Waals surface area (Å²) in [6, 6.07) is 14.0. The summed E-state index contributed by atoms with van der Waals surface area (Å²) >= 11 is 1.71. The van der Waals surface area contributed by atoms with Gasteiger partial charge in [-0.15, -0.1) is 11.3 Å². The standard InChI is InChI=1S/C22H23N7OS/c1-28-9-11-29(12-10-28)21-25-20(26-22(27-21)30-17-6-3-2-4-7-17)24-19-14-16(15-23-19)18-8-5-13-31-18/h2-8,13-14H,9-12,15H2,1H3,(H,23,24,25,26,27). The third kappa shape index (κ3) is 4.73. The number of nitrogens with one attached hydrogen (secondary N) is 1. The molecule has 5 rings (SSSR count). The van der Waals surface area contributed by atoms with Crippen LogP contribution in [0.5, 0.6) is 11.8 Å². The van der Waals surface area contributed by atoms with Gasteiger partial charge in [0.15, 0.2) is 0 Å². The molecule has 0 unspecified atom stereocenters.